The number of benzene rings is 1. The third-order valence-corrected chi connectivity index (χ3v) is 6.74. The summed E-state index contributed by atoms with van der Waals surface area (Å²) in [4.78, 5) is 27.3. The van der Waals surface area contributed by atoms with Gasteiger partial charge in [-0.05, 0) is 12.5 Å². The zero-order valence-electron chi connectivity index (χ0n) is 14.8. The number of nitrogens with zero attached hydrogens (tertiary/aromatic N) is 3. The van der Waals surface area contributed by atoms with Crippen molar-refractivity contribution in [3.63, 3.8) is 0 Å². The Kier molecular flexibility index (Phi) is 5.59. The molecule has 0 aromatic heterocycles. The molecule has 0 bridgehead atoms. The summed E-state index contributed by atoms with van der Waals surface area (Å²) in [6, 6.07) is 8.30. The van der Waals surface area contributed by atoms with E-state index in [0.29, 0.717) is 39.3 Å². The van der Waals surface area contributed by atoms with Crippen molar-refractivity contribution in [1.82, 2.24) is 19.4 Å². The van der Waals surface area contributed by atoms with Crippen LogP contribution >= 0.6 is 0 Å². The third kappa shape index (κ3) is 4.05. The Labute approximate surface area is 153 Å². The fourth-order valence-electron chi connectivity index (χ4n) is 3.31. The lowest BCUT2D eigenvalue weighted by Crippen LogP contribution is -2.55. The molecular formula is C17H24N4O4S. The molecule has 26 heavy (non-hydrogen) atoms. The largest absolute Gasteiger partial charge is 0.336 e. The van der Waals surface area contributed by atoms with Crippen LogP contribution in [0.1, 0.15) is 12.5 Å². The summed E-state index contributed by atoms with van der Waals surface area (Å²) in [6.45, 7) is 4.25. The average molecular weight is 380 g/mol. The second-order valence-corrected chi connectivity index (χ2v) is 8.54. The fraction of sp³-hybridized carbons (Fsp3) is 0.529. The van der Waals surface area contributed by atoms with Crippen LogP contribution in [0.25, 0.3) is 0 Å². The topological polar surface area (TPSA) is 90.0 Å². The monoisotopic (exact) mass is 380 g/mol. The molecule has 0 aliphatic carbocycles. The number of hydrogen-bond acceptors (Lipinski definition) is 5. The summed E-state index contributed by atoms with van der Waals surface area (Å²) in [5, 5.41) is 2.62. The minimum atomic E-state index is -3.38. The first-order chi connectivity index (χ1) is 12.4. The number of urea groups is 1. The van der Waals surface area contributed by atoms with E-state index in [9.17, 15) is 18.0 Å². The van der Waals surface area contributed by atoms with Crippen molar-refractivity contribution in [3.8, 4) is 0 Å². The van der Waals surface area contributed by atoms with Crippen LogP contribution in [0.5, 0.6) is 0 Å². The van der Waals surface area contributed by atoms with E-state index in [1.807, 2.05) is 23.1 Å². The van der Waals surface area contributed by atoms with Crippen LogP contribution in [-0.4, -0.2) is 79.8 Å². The molecule has 9 heteroatoms. The van der Waals surface area contributed by atoms with Gasteiger partial charge in [0.2, 0.25) is 15.9 Å². The van der Waals surface area contributed by atoms with Crippen molar-refractivity contribution in [2.45, 2.75) is 18.7 Å². The second kappa shape index (κ2) is 7.73. The van der Waals surface area contributed by atoms with Crippen LogP contribution in [-0.2, 0) is 20.6 Å². The van der Waals surface area contributed by atoms with E-state index in [-0.39, 0.29) is 17.7 Å². The van der Waals surface area contributed by atoms with Crippen molar-refractivity contribution in [3.05, 3.63) is 35.9 Å². The van der Waals surface area contributed by atoms with E-state index in [0.717, 1.165) is 5.56 Å². The molecule has 2 aliphatic heterocycles. The number of carbonyl (C=O) groups is 2. The zero-order chi connectivity index (χ0) is 18.7. The van der Waals surface area contributed by atoms with Crippen LogP contribution in [0.3, 0.4) is 0 Å². The minimum Gasteiger partial charge on any atom is -0.336 e. The molecule has 2 fully saturated rings. The van der Waals surface area contributed by atoms with Gasteiger partial charge in [-0.2, -0.15) is 4.31 Å². The molecule has 0 spiro atoms. The SMILES string of the molecule is C[C@H](C(=O)N1CCNC1=O)N1CCN(S(=O)(=O)Cc2ccccc2)CC1. The maximum atomic E-state index is 12.6. The van der Waals surface area contributed by atoms with E-state index in [4.69, 9.17) is 0 Å². The van der Waals surface area contributed by atoms with Crippen molar-refractivity contribution >= 4 is 22.0 Å². The number of sulfonamides is 1. The van der Waals surface area contributed by atoms with E-state index in [1.54, 1.807) is 19.1 Å². The summed E-state index contributed by atoms with van der Waals surface area (Å²) < 4.78 is 26.7. The highest BCUT2D eigenvalue weighted by molar-refractivity contribution is 7.88. The lowest BCUT2D eigenvalue weighted by molar-refractivity contribution is -0.133. The molecule has 142 valence electrons. The lowest BCUT2D eigenvalue weighted by Gasteiger charge is -2.37. The van der Waals surface area contributed by atoms with Gasteiger partial charge in [-0.25, -0.2) is 13.2 Å². The number of hydrogen-bond donors (Lipinski definition) is 1. The van der Waals surface area contributed by atoms with Crippen LogP contribution in [0.2, 0.25) is 0 Å². The Bertz CT molecular complexity index is 760. The Morgan fingerprint density at radius 1 is 1.12 bits per heavy atom. The molecule has 0 unspecified atom stereocenters. The number of rotatable bonds is 5. The molecule has 0 radical (unpaired) electrons. The van der Waals surface area contributed by atoms with Gasteiger partial charge in [0.05, 0.1) is 11.8 Å². The lowest BCUT2D eigenvalue weighted by atomic mass is 10.2. The van der Waals surface area contributed by atoms with Crippen LogP contribution in [0, 0.1) is 0 Å². The maximum Gasteiger partial charge on any atom is 0.324 e. The van der Waals surface area contributed by atoms with Gasteiger partial charge in [0.25, 0.3) is 0 Å². The second-order valence-electron chi connectivity index (χ2n) is 6.57. The van der Waals surface area contributed by atoms with Gasteiger partial charge in [0.15, 0.2) is 0 Å². The number of imide groups is 1. The van der Waals surface area contributed by atoms with Crippen molar-refractivity contribution in [1.29, 1.82) is 0 Å². The number of amides is 3. The maximum absolute atomic E-state index is 12.6. The Morgan fingerprint density at radius 2 is 1.77 bits per heavy atom. The van der Waals surface area contributed by atoms with E-state index in [1.165, 1.54) is 9.21 Å². The highest BCUT2D eigenvalue weighted by atomic mass is 32.2. The molecule has 3 rings (SSSR count). The molecule has 2 saturated heterocycles. The van der Waals surface area contributed by atoms with Gasteiger partial charge in [0.1, 0.15) is 0 Å². The van der Waals surface area contributed by atoms with Crippen LogP contribution < -0.4 is 5.32 Å². The molecule has 0 saturated carbocycles. The van der Waals surface area contributed by atoms with Gasteiger partial charge in [-0.3, -0.25) is 14.6 Å². The molecule has 1 atom stereocenters. The summed E-state index contributed by atoms with van der Waals surface area (Å²) in [5.41, 5.74) is 0.763. The Balaban J connectivity index is 1.56. The first-order valence-electron chi connectivity index (χ1n) is 8.73. The van der Waals surface area contributed by atoms with Gasteiger partial charge in [-0.1, -0.05) is 30.3 Å². The summed E-state index contributed by atoms with van der Waals surface area (Å²) in [6.07, 6.45) is 0. The summed E-state index contributed by atoms with van der Waals surface area (Å²) >= 11 is 0. The molecule has 1 aromatic rings. The van der Waals surface area contributed by atoms with Gasteiger partial charge < -0.3 is 5.32 Å². The minimum absolute atomic E-state index is 0.0176. The predicted octanol–water partition coefficient (Wildman–Crippen LogP) is 0.0743. The van der Waals surface area contributed by atoms with E-state index < -0.39 is 16.1 Å². The highest BCUT2D eigenvalue weighted by Crippen LogP contribution is 2.16. The molecule has 3 amide bonds. The van der Waals surface area contributed by atoms with Crippen LogP contribution in [0.4, 0.5) is 4.79 Å². The molecular weight excluding hydrogens is 356 g/mol. The zero-order valence-corrected chi connectivity index (χ0v) is 15.6. The summed E-state index contributed by atoms with van der Waals surface area (Å²) in [7, 11) is -3.38. The first kappa shape index (κ1) is 18.8. The molecule has 1 N–H and O–H groups in total. The molecule has 2 heterocycles. The van der Waals surface area contributed by atoms with E-state index >= 15 is 0 Å². The van der Waals surface area contributed by atoms with Crippen LogP contribution in [0.15, 0.2) is 30.3 Å². The summed E-state index contributed by atoms with van der Waals surface area (Å²) in [5.74, 6) is -0.253. The average Bonchev–Trinajstić information content (AvgIpc) is 3.07. The first-order valence-corrected chi connectivity index (χ1v) is 10.3. The smallest absolute Gasteiger partial charge is 0.324 e. The normalized spacial score (nSPS) is 20.8. The Morgan fingerprint density at radius 3 is 2.35 bits per heavy atom. The quantitative estimate of drug-likeness (QED) is 0.781. The molecule has 2 aliphatic rings. The van der Waals surface area contributed by atoms with Gasteiger partial charge >= 0.3 is 6.03 Å². The van der Waals surface area contributed by atoms with Crippen molar-refractivity contribution in [2.75, 3.05) is 39.3 Å². The molecule has 8 nitrogen and oxygen atoms in total. The Hall–Kier alpha value is -1.97. The number of nitrogens with one attached hydrogen (secondary N) is 1. The number of carbonyl (C=O) groups excluding carboxylic acids is 2. The van der Waals surface area contributed by atoms with Crippen molar-refractivity contribution in [2.24, 2.45) is 0 Å². The number of piperazine rings is 1. The highest BCUT2D eigenvalue weighted by Gasteiger charge is 2.35. The molecule has 1 aromatic carbocycles. The van der Waals surface area contributed by atoms with E-state index in [2.05, 4.69) is 5.32 Å². The van der Waals surface area contributed by atoms with Gasteiger partial charge in [-0.15, -0.1) is 0 Å². The third-order valence-electron chi connectivity index (χ3n) is 4.89. The fourth-order valence-corrected chi connectivity index (χ4v) is 4.82. The van der Waals surface area contributed by atoms with Gasteiger partial charge in [0, 0.05) is 39.3 Å². The standard InChI is InChI=1S/C17H24N4O4S/c1-14(16(22)21-8-7-18-17(21)23)19-9-11-20(12-10-19)26(24,25)13-15-5-3-2-4-6-15/h2-6,14H,7-13H2,1H3,(H,18,23)/t14-/m1/s1. The van der Waals surface area contributed by atoms with Crippen molar-refractivity contribution < 1.29 is 18.0 Å². The predicted molar refractivity (Wildman–Crippen MR) is 96.8 cm³/mol.